The summed E-state index contributed by atoms with van der Waals surface area (Å²) in [5.41, 5.74) is 2.40. The molecule has 156 valence electrons. The van der Waals surface area contributed by atoms with E-state index in [-0.39, 0.29) is 12.5 Å². The first-order chi connectivity index (χ1) is 13.7. The van der Waals surface area contributed by atoms with Gasteiger partial charge in [0.15, 0.2) is 11.5 Å². The Morgan fingerprint density at radius 2 is 1.79 bits per heavy atom. The first-order valence-electron chi connectivity index (χ1n) is 8.97. The minimum absolute atomic E-state index is 0.282. The van der Waals surface area contributed by atoms with E-state index in [1.54, 1.807) is 37.3 Å². The summed E-state index contributed by atoms with van der Waals surface area (Å²) < 4.78 is 36.3. The summed E-state index contributed by atoms with van der Waals surface area (Å²) in [4.78, 5) is 14.6. The van der Waals surface area contributed by atoms with E-state index in [4.69, 9.17) is 21.1 Å². The zero-order valence-corrected chi connectivity index (χ0v) is 18.1. The summed E-state index contributed by atoms with van der Waals surface area (Å²) in [6.45, 7) is 0.581. The fourth-order valence-electron chi connectivity index (χ4n) is 3.35. The second-order valence-electron chi connectivity index (χ2n) is 6.79. The lowest BCUT2D eigenvalue weighted by molar-refractivity contribution is -0.130. The molecule has 0 saturated heterocycles. The number of rotatable bonds is 6. The standard InChI is InChI=1S/C20H23ClN2O5S/c1-27-18-9-14-7-8-22(12-15(14)10-19(18)28-2)20(24)13-23(29(3,25)26)17-6-4-5-16(21)11-17/h4-6,9-11H,7-8,12-13H2,1-3H3. The van der Waals surface area contributed by atoms with E-state index in [0.29, 0.717) is 41.7 Å². The number of carbonyl (C=O) groups excluding carboxylic acids is 1. The van der Waals surface area contributed by atoms with E-state index in [1.807, 2.05) is 12.1 Å². The molecule has 0 atom stereocenters. The first kappa shape index (κ1) is 21.3. The molecule has 0 aromatic heterocycles. The molecular weight excluding hydrogens is 416 g/mol. The highest BCUT2D eigenvalue weighted by Crippen LogP contribution is 2.33. The van der Waals surface area contributed by atoms with Gasteiger partial charge in [-0.05, 0) is 47.9 Å². The predicted molar refractivity (Wildman–Crippen MR) is 112 cm³/mol. The minimum Gasteiger partial charge on any atom is -0.493 e. The van der Waals surface area contributed by atoms with Gasteiger partial charge in [0.1, 0.15) is 6.54 Å². The maximum atomic E-state index is 12.9. The maximum Gasteiger partial charge on any atom is 0.243 e. The summed E-state index contributed by atoms with van der Waals surface area (Å²) in [5.74, 6) is 0.961. The van der Waals surface area contributed by atoms with Crippen molar-refractivity contribution in [2.24, 2.45) is 0 Å². The average molecular weight is 439 g/mol. The Kier molecular flexibility index (Phi) is 6.24. The van der Waals surface area contributed by atoms with Crippen molar-refractivity contribution in [3.63, 3.8) is 0 Å². The molecule has 29 heavy (non-hydrogen) atoms. The highest BCUT2D eigenvalue weighted by Gasteiger charge is 2.27. The lowest BCUT2D eigenvalue weighted by Gasteiger charge is -2.31. The van der Waals surface area contributed by atoms with Crippen molar-refractivity contribution >= 4 is 33.2 Å². The molecule has 2 aromatic rings. The summed E-state index contributed by atoms with van der Waals surface area (Å²) in [7, 11) is -0.516. The third-order valence-electron chi connectivity index (χ3n) is 4.85. The number of halogens is 1. The molecule has 0 unspecified atom stereocenters. The zero-order chi connectivity index (χ0) is 21.2. The van der Waals surface area contributed by atoms with Crippen LogP contribution in [0, 0.1) is 0 Å². The number of carbonyl (C=O) groups is 1. The van der Waals surface area contributed by atoms with Gasteiger partial charge in [-0.15, -0.1) is 0 Å². The summed E-state index contributed by atoms with van der Waals surface area (Å²) in [6, 6.07) is 10.2. The number of nitrogens with zero attached hydrogens (tertiary/aromatic N) is 2. The maximum absolute atomic E-state index is 12.9. The molecule has 1 heterocycles. The van der Waals surface area contributed by atoms with Crippen LogP contribution in [-0.2, 0) is 27.8 Å². The molecule has 0 bridgehead atoms. The van der Waals surface area contributed by atoms with E-state index in [1.165, 1.54) is 6.07 Å². The van der Waals surface area contributed by atoms with E-state index < -0.39 is 10.0 Å². The lowest BCUT2D eigenvalue weighted by Crippen LogP contribution is -2.44. The van der Waals surface area contributed by atoms with Gasteiger partial charge in [0.2, 0.25) is 15.9 Å². The number of fused-ring (bicyclic) bond motifs is 1. The van der Waals surface area contributed by atoms with Crippen LogP contribution in [0.15, 0.2) is 36.4 Å². The van der Waals surface area contributed by atoms with Crippen molar-refractivity contribution in [2.75, 3.05) is 37.9 Å². The zero-order valence-electron chi connectivity index (χ0n) is 16.5. The third-order valence-corrected chi connectivity index (χ3v) is 6.22. The topological polar surface area (TPSA) is 76.2 Å². The molecule has 0 aliphatic carbocycles. The Bertz CT molecular complexity index is 1030. The van der Waals surface area contributed by atoms with Gasteiger partial charge in [-0.25, -0.2) is 8.42 Å². The summed E-state index contributed by atoms with van der Waals surface area (Å²) in [5, 5.41) is 0.400. The van der Waals surface area contributed by atoms with Crippen molar-refractivity contribution in [2.45, 2.75) is 13.0 Å². The number of benzene rings is 2. The van der Waals surface area contributed by atoms with Crippen LogP contribution >= 0.6 is 11.6 Å². The Hall–Kier alpha value is -2.45. The van der Waals surface area contributed by atoms with Crippen molar-refractivity contribution in [3.05, 3.63) is 52.5 Å². The number of hydrogen-bond acceptors (Lipinski definition) is 5. The monoisotopic (exact) mass is 438 g/mol. The molecule has 0 saturated carbocycles. The number of anilines is 1. The second kappa shape index (κ2) is 8.51. The van der Waals surface area contributed by atoms with Crippen LogP contribution in [0.2, 0.25) is 5.02 Å². The van der Waals surface area contributed by atoms with Gasteiger partial charge in [-0.1, -0.05) is 17.7 Å². The quantitative estimate of drug-likeness (QED) is 0.693. The highest BCUT2D eigenvalue weighted by molar-refractivity contribution is 7.92. The third kappa shape index (κ3) is 4.76. The van der Waals surface area contributed by atoms with Crippen LogP contribution in [-0.4, -0.2) is 52.8 Å². The van der Waals surface area contributed by atoms with Gasteiger partial charge >= 0.3 is 0 Å². The smallest absolute Gasteiger partial charge is 0.243 e. The van der Waals surface area contributed by atoms with Gasteiger partial charge in [-0.3, -0.25) is 9.10 Å². The number of hydrogen-bond donors (Lipinski definition) is 0. The molecule has 1 aliphatic rings. The molecule has 3 rings (SSSR count). The molecule has 0 radical (unpaired) electrons. The van der Waals surface area contributed by atoms with Gasteiger partial charge < -0.3 is 14.4 Å². The van der Waals surface area contributed by atoms with Gasteiger partial charge in [0, 0.05) is 18.1 Å². The lowest BCUT2D eigenvalue weighted by atomic mass is 9.98. The normalized spacial score (nSPS) is 13.6. The van der Waals surface area contributed by atoms with Crippen LogP contribution in [0.1, 0.15) is 11.1 Å². The van der Waals surface area contributed by atoms with Crippen LogP contribution in [0.5, 0.6) is 11.5 Å². The number of amides is 1. The van der Waals surface area contributed by atoms with Crippen molar-refractivity contribution in [3.8, 4) is 11.5 Å². The minimum atomic E-state index is -3.66. The Balaban J connectivity index is 1.82. The Labute approximate surface area is 175 Å². The van der Waals surface area contributed by atoms with E-state index in [9.17, 15) is 13.2 Å². The van der Waals surface area contributed by atoms with Gasteiger partial charge in [0.05, 0.1) is 26.2 Å². The van der Waals surface area contributed by atoms with E-state index >= 15 is 0 Å². The van der Waals surface area contributed by atoms with Crippen molar-refractivity contribution in [1.82, 2.24) is 4.90 Å². The molecule has 1 aliphatic heterocycles. The molecule has 1 amide bonds. The largest absolute Gasteiger partial charge is 0.493 e. The second-order valence-corrected chi connectivity index (χ2v) is 9.13. The molecule has 2 aromatic carbocycles. The molecule has 0 N–H and O–H groups in total. The van der Waals surface area contributed by atoms with Crippen molar-refractivity contribution < 1.29 is 22.7 Å². The number of methoxy groups -OCH3 is 2. The van der Waals surface area contributed by atoms with E-state index in [0.717, 1.165) is 21.7 Å². The van der Waals surface area contributed by atoms with Gasteiger partial charge in [0.25, 0.3) is 0 Å². The van der Waals surface area contributed by atoms with Crippen LogP contribution < -0.4 is 13.8 Å². The van der Waals surface area contributed by atoms with Crippen LogP contribution in [0.4, 0.5) is 5.69 Å². The Morgan fingerprint density at radius 1 is 1.14 bits per heavy atom. The summed E-state index contributed by atoms with van der Waals surface area (Å²) in [6.07, 6.45) is 1.72. The van der Waals surface area contributed by atoms with Crippen LogP contribution in [0.3, 0.4) is 0 Å². The Morgan fingerprint density at radius 3 is 2.38 bits per heavy atom. The predicted octanol–water partition coefficient (Wildman–Crippen LogP) is 2.71. The highest BCUT2D eigenvalue weighted by atomic mass is 35.5. The molecular formula is C20H23ClN2O5S. The fraction of sp³-hybridized carbons (Fsp3) is 0.350. The first-order valence-corrected chi connectivity index (χ1v) is 11.2. The molecule has 9 heteroatoms. The van der Waals surface area contributed by atoms with Crippen LogP contribution in [0.25, 0.3) is 0 Å². The summed E-state index contributed by atoms with van der Waals surface area (Å²) >= 11 is 5.99. The molecule has 7 nitrogen and oxygen atoms in total. The van der Waals surface area contributed by atoms with Gasteiger partial charge in [-0.2, -0.15) is 0 Å². The fourth-order valence-corrected chi connectivity index (χ4v) is 4.38. The average Bonchev–Trinajstić information content (AvgIpc) is 2.69. The van der Waals surface area contributed by atoms with Crippen molar-refractivity contribution in [1.29, 1.82) is 0 Å². The number of sulfonamides is 1. The number of ether oxygens (including phenoxy) is 2. The SMILES string of the molecule is COc1cc2c(cc1OC)CN(C(=O)CN(c1cccc(Cl)c1)S(C)(=O)=O)CC2. The molecule has 0 spiro atoms. The molecule has 0 fully saturated rings. The van der Waals surface area contributed by atoms with E-state index in [2.05, 4.69) is 0 Å².